The van der Waals surface area contributed by atoms with Crippen molar-refractivity contribution >= 4 is 5.91 Å². The molecule has 0 aliphatic rings. The highest BCUT2D eigenvalue weighted by atomic mass is 19.4. The van der Waals surface area contributed by atoms with Crippen LogP contribution in [0.5, 0.6) is 0 Å². The Labute approximate surface area is 187 Å². The highest BCUT2D eigenvalue weighted by Gasteiger charge is 2.37. The van der Waals surface area contributed by atoms with Crippen LogP contribution in [0.2, 0.25) is 0 Å². The van der Waals surface area contributed by atoms with Crippen molar-refractivity contribution in [2.75, 3.05) is 13.6 Å². The van der Waals surface area contributed by atoms with Crippen LogP contribution in [-0.2, 0) is 23.6 Å². The first kappa shape index (κ1) is 24.4. The summed E-state index contributed by atoms with van der Waals surface area (Å²) in [6.45, 7) is 0.206. The summed E-state index contributed by atoms with van der Waals surface area (Å²) in [6, 6.07) is 20.0. The molecule has 0 N–H and O–H groups in total. The van der Waals surface area contributed by atoms with E-state index < -0.39 is 35.8 Å². The molecule has 0 heterocycles. The van der Waals surface area contributed by atoms with E-state index in [0.29, 0.717) is 12.1 Å². The Morgan fingerprint density at radius 2 is 1.18 bits per heavy atom. The lowest BCUT2D eigenvalue weighted by molar-refractivity contribution is -0.143. The molecule has 0 bridgehead atoms. The molecule has 3 aromatic rings. The quantitative estimate of drug-likeness (QED) is 0.378. The van der Waals surface area contributed by atoms with Gasteiger partial charge in [0.1, 0.15) is 0 Å². The van der Waals surface area contributed by atoms with Crippen molar-refractivity contribution in [2.24, 2.45) is 0 Å². The third-order valence-electron chi connectivity index (χ3n) is 5.29. The van der Waals surface area contributed by atoms with Gasteiger partial charge < -0.3 is 4.90 Å². The highest BCUT2D eigenvalue weighted by Crippen LogP contribution is 2.36. The van der Waals surface area contributed by atoms with Crippen molar-refractivity contribution in [1.82, 2.24) is 4.90 Å². The molecule has 0 unspecified atom stereocenters. The predicted octanol–water partition coefficient (Wildman–Crippen LogP) is 6.56. The van der Waals surface area contributed by atoms with Crippen molar-refractivity contribution in [2.45, 2.75) is 24.7 Å². The van der Waals surface area contributed by atoms with E-state index in [0.717, 1.165) is 11.1 Å². The molecule has 0 saturated heterocycles. The summed E-state index contributed by atoms with van der Waals surface area (Å²) < 4.78 is 78.7. The molecule has 0 saturated carbocycles. The molecule has 8 heteroatoms. The van der Waals surface area contributed by atoms with E-state index in [1.807, 2.05) is 60.7 Å². The topological polar surface area (TPSA) is 20.3 Å². The molecule has 2 nitrogen and oxygen atoms in total. The van der Waals surface area contributed by atoms with Crippen LogP contribution < -0.4 is 0 Å². The van der Waals surface area contributed by atoms with E-state index in [1.165, 1.54) is 11.9 Å². The van der Waals surface area contributed by atoms with Gasteiger partial charge in [-0.25, -0.2) is 0 Å². The maximum Gasteiger partial charge on any atom is 0.416 e. The van der Waals surface area contributed by atoms with E-state index in [4.69, 9.17) is 0 Å². The van der Waals surface area contributed by atoms with Gasteiger partial charge >= 0.3 is 12.4 Å². The van der Waals surface area contributed by atoms with E-state index in [9.17, 15) is 31.1 Å². The highest BCUT2D eigenvalue weighted by molar-refractivity contribution is 5.78. The summed E-state index contributed by atoms with van der Waals surface area (Å²) in [5, 5.41) is 0. The molecule has 0 radical (unpaired) electrons. The number of nitrogens with zero attached hydrogens (tertiary/aromatic N) is 1. The predicted molar refractivity (Wildman–Crippen MR) is 113 cm³/mol. The minimum absolute atomic E-state index is 0.0541. The van der Waals surface area contributed by atoms with Crippen LogP contribution in [0, 0.1) is 0 Å². The van der Waals surface area contributed by atoms with Crippen LogP contribution in [-0.4, -0.2) is 24.4 Å². The van der Waals surface area contributed by atoms with Crippen molar-refractivity contribution in [3.63, 3.8) is 0 Å². The van der Waals surface area contributed by atoms with Gasteiger partial charge in [-0.05, 0) is 34.9 Å². The lowest BCUT2D eigenvalue weighted by atomic mass is 9.90. The molecular formula is C25H21F6NO. The average molecular weight is 465 g/mol. The summed E-state index contributed by atoms with van der Waals surface area (Å²) in [6.07, 6.45) is -10.5. The number of amides is 1. The van der Waals surface area contributed by atoms with Gasteiger partial charge in [-0.15, -0.1) is 0 Å². The zero-order valence-electron chi connectivity index (χ0n) is 17.6. The van der Waals surface area contributed by atoms with Crippen LogP contribution >= 0.6 is 0 Å². The fourth-order valence-corrected chi connectivity index (χ4v) is 3.58. The number of likely N-dealkylation sites (N-methyl/N-ethyl adjacent to an activating group) is 1. The van der Waals surface area contributed by atoms with Crippen molar-refractivity contribution in [1.29, 1.82) is 0 Å². The Morgan fingerprint density at radius 3 is 1.58 bits per heavy atom. The number of hydrogen-bond donors (Lipinski definition) is 0. The van der Waals surface area contributed by atoms with Gasteiger partial charge in [-0.3, -0.25) is 4.79 Å². The van der Waals surface area contributed by atoms with E-state index >= 15 is 0 Å². The summed E-state index contributed by atoms with van der Waals surface area (Å²) in [5.41, 5.74) is -1.35. The molecule has 0 aliphatic heterocycles. The van der Waals surface area contributed by atoms with Crippen LogP contribution in [0.1, 0.15) is 33.7 Å². The van der Waals surface area contributed by atoms with Crippen molar-refractivity contribution in [3.8, 4) is 0 Å². The Bertz CT molecular complexity index is 1010. The number of rotatable bonds is 6. The summed E-state index contributed by atoms with van der Waals surface area (Å²) >= 11 is 0. The Morgan fingerprint density at radius 1 is 0.758 bits per heavy atom. The maximum absolute atomic E-state index is 13.1. The zero-order chi connectivity index (χ0) is 24.2. The summed E-state index contributed by atoms with van der Waals surface area (Å²) in [5.74, 6) is -0.798. The lowest BCUT2D eigenvalue weighted by Crippen LogP contribution is -2.32. The maximum atomic E-state index is 13.1. The van der Waals surface area contributed by atoms with Gasteiger partial charge in [0.15, 0.2) is 0 Å². The van der Waals surface area contributed by atoms with Gasteiger partial charge in [-0.2, -0.15) is 26.3 Å². The molecular weight excluding hydrogens is 444 g/mol. The average Bonchev–Trinajstić information content (AvgIpc) is 2.77. The third-order valence-corrected chi connectivity index (χ3v) is 5.29. The summed E-state index contributed by atoms with van der Waals surface area (Å²) in [7, 11) is 1.49. The largest absolute Gasteiger partial charge is 0.416 e. The molecule has 174 valence electrons. The monoisotopic (exact) mass is 465 g/mol. The number of benzene rings is 3. The lowest BCUT2D eigenvalue weighted by Gasteiger charge is -2.25. The SMILES string of the molecule is CN(CC(c1ccccc1)c1ccccc1)C(=O)Cc1cc(C(F)(F)F)cc(C(F)(F)F)c1. The number of alkyl halides is 6. The fraction of sp³-hybridized carbons (Fsp3) is 0.240. The molecule has 0 fully saturated rings. The molecule has 0 aromatic heterocycles. The normalized spacial score (nSPS) is 12.1. The molecule has 0 spiro atoms. The summed E-state index contributed by atoms with van der Waals surface area (Å²) in [4.78, 5) is 14.1. The van der Waals surface area contributed by atoms with Crippen LogP contribution in [0.4, 0.5) is 26.3 Å². The van der Waals surface area contributed by atoms with Gasteiger partial charge in [-0.1, -0.05) is 60.7 Å². The first-order valence-corrected chi connectivity index (χ1v) is 10.1. The molecule has 1 amide bonds. The molecule has 33 heavy (non-hydrogen) atoms. The second kappa shape index (κ2) is 9.68. The molecule has 0 atom stereocenters. The number of carbonyl (C=O) groups excluding carboxylic acids is 1. The van der Waals surface area contributed by atoms with Gasteiger partial charge in [0.25, 0.3) is 0 Å². The minimum Gasteiger partial charge on any atom is -0.345 e. The third kappa shape index (κ3) is 6.37. The van der Waals surface area contributed by atoms with Gasteiger partial charge in [0, 0.05) is 19.5 Å². The molecule has 0 aliphatic carbocycles. The second-order valence-corrected chi connectivity index (χ2v) is 7.74. The smallest absolute Gasteiger partial charge is 0.345 e. The first-order chi connectivity index (χ1) is 15.4. The van der Waals surface area contributed by atoms with Gasteiger partial charge in [0.05, 0.1) is 17.5 Å². The number of hydrogen-bond acceptors (Lipinski definition) is 1. The standard InChI is InChI=1S/C25H21F6NO/c1-32(16-22(18-8-4-2-5-9-18)19-10-6-3-7-11-19)23(33)14-17-12-20(24(26,27)28)15-21(13-17)25(29,30)31/h2-13,15,22H,14,16H2,1H3. The molecule has 3 rings (SSSR count). The fourth-order valence-electron chi connectivity index (χ4n) is 3.58. The zero-order valence-corrected chi connectivity index (χ0v) is 17.6. The van der Waals surface area contributed by atoms with E-state index in [-0.39, 0.29) is 24.1 Å². The minimum atomic E-state index is -4.96. The number of carbonyl (C=O) groups is 1. The Balaban J connectivity index is 1.85. The van der Waals surface area contributed by atoms with Crippen LogP contribution in [0.15, 0.2) is 78.9 Å². The Kier molecular flexibility index (Phi) is 7.15. The first-order valence-electron chi connectivity index (χ1n) is 10.1. The van der Waals surface area contributed by atoms with E-state index in [2.05, 4.69) is 0 Å². The van der Waals surface area contributed by atoms with Crippen LogP contribution in [0.3, 0.4) is 0 Å². The second-order valence-electron chi connectivity index (χ2n) is 7.74. The molecule has 3 aromatic carbocycles. The van der Waals surface area contributed by atoms with Crippen molar-refractivity contribution in [3.05, 3.63) is 107 Å². The van der Waals surface area contributed by atoms with Crippen LogP contribution in [0.25, 0.3) is 0 Å². The number of halogens is 6. The van der Waals surface area contributed by atoms with Crippen molar-refractivity contribution < 1.29 is 31.1 Å². The Hall–Kier alpha value is -3.29. The van der Waals surface area contributed by atoms with E-state index in [1.54, 1.807) is 0 Å². The van der Waals surface area contributed by atoms with Gasteiger partial charge in [0.2, 0.25) is 5.91 Å².